The first-order valence-electron chi connectivity index (χ1n) is 5.43. The molecule has 0 bridgehead atoms. The number of hydrogen-bond acceptors (Lipinski definition) is 4. The molecule has 0 aromatic carbocycles. The van der Waals surface area contributed by atoms with Gasteiger partial charge in [-0.3, -0.25) is 11.3 Å². The fourth-order valence-corrected chi connectivity index (χ4v) is 1.64. The predicted octanol–water partition coefficient (Wildman–Crippen LogP) is 0.812. The zero-order valence-corrected chi connectivity index (χ0v) is 9.16. The van der Waals surface area contributed by atoms with E-state index in [0.717, 1.165) is 13.0 Å². The van der Waals surface area contributed by atoms with Crippen LogP contribution >= 0.6 is 0 Å². The molecule has 0 aliphatic carbocycles. The molecule has 4 nitrogen and oxygen atoms in total. The maximum atomic E-state index is 5.64. The average Bonchev–Trinajstić information content (AvgIpc) is 2.20. The van der Waals surface area contributed by atoms with Gasteiger partial charge in [-0.2, -0.15) is 0 Å². The van der Waals surface area contributed by atoms with Gasteiger partial charge < -0.3 is 9.47 Å². The zero-order chi connectivity index (χ0) is 10.4. The van der Waals surface area contributed by atoms with E-state index in [1.807, 2.05) is 13.8 Å². The van der Waals surface area contributed by atoms with Gasteiger partial charge in [-0.1, -0.05) is 0 Å². The highest BCUT2D eigenvalue weighted by molar-refractivity contribution is 4.77. The van der Waals surface area contributed by atoms with Crippen molar-refractivity contribution in [1.82, 2.24) is 5.43 Å². The Labute approximate surface area is 86.1 Å². The summed E-state index contributed by atoms with van der Waals surface area (Å²) < 4.78 is 11.2. The molecule has 0 saturated carbocycles. The van der Waals surface area contributed by atoms with Crippen LogP contribution in [0.25, 0.3) is 0 Å². The quantitative estimate of drug-likeness (QED) is 0.512. The van der Waals surface area contributed by atoms with Crippen LogP contribution in [0.2, 0.25) is 0 Å². The molecular weight excluding hydrogens is 180 g/mol. The lowest BCUT2D eigenvalue weighted by atomic mass is 10.0. The molecule has 4 heteroatoms. The Morgan fingerprint density at radius 2 is 2.29 bits per heavy atom. The summed E-state index contributed by atoms with van der Waals surface area (Å²) in [7, 11) is 0. The maximum absolute atomic E-state index is 5.64. The van der Waals surface area contributed by atoms with E-state index in [1.165, 1.54) is 12.8 Å². The van der Waals surface area contributed by atoms with Gasteiger partial charge in [0.2, 0.25) is 0 Å². The highest BCUT2D eigenvalue weighted by Gasteiger charge is 2.23. The number of nitrogens with two attached hydrogens (primary N) is 1. The molecule has 14 heavy (non-hydrogen) atoms. The Balaban J connectivity index is 2.28. The number of rotatable bonds is 5. The SMILES string of the molecule is CC(C)OCC(NN)C1CCCCO1. The van der Waals surface area contributed by atoms with Crippen LogP contribution in [0, 0.1) is 0 Å². The number of hydrazine groups is 1. The van der Waals surface area contributed by atoms with Crippen LogP contribution in [0.1, 0.15) is 33.1 Å². The van der Waals surface area contributed by atoms with Crippen molar-refractivity contribution in [2.24, 2.45) is 5.84 Å². The molecule has 0 spiro atoms. The van der Waals surface area contributed by atoms with Crippen LogP contribution in [0.5, 0.6) is 0 Å². The fraction of sp³-hybridized carbons (Fsp3) is 1.00. The standard InChI is InChI=1S/C10H22N2O2/c1-8(2)14-7-9(12-11)10-5-3-4-6-13-10/h8-10,12H,3-7,11H2,1-2H3. The highest BCUT2D eigenvalue weighted by atomic mass is 16.5. The smallest absolute Gasteiger partial charge is 0.0764 e. The van der Waals surface area contributed by atoms with E-state index in [2.05, 4.69) is 5.43 Å². The first-order valence-corrected chi connectivity index (χ1v) is 5.43. The van der Waals surface area contributed by atoms with Crippen molar-refractivity contribution in [1.29, 1.82) is 0 Å². The van der Waals surface area contributed by atoms with Crippen LogP contribution in [-0.2, 0) is 9.47 Å². The van der Waals surface area contributed by atoms with Gasteiger partial charge in [-0.05, 0) is 33.1 Å². The Hall–Kier alpha value is -0.160. The zero-order valence-electron chi connectivity index (χ0n) is 9.16. The third-order valence-corrected chi connectivity index (χ3v) is 2.49. The van der Waals surface area contributed by atoms with Crippen molar-refractivity contribution in [3.05, 3.63) is 0 Å². The summed E-state index contributed by atoms with van der Waals surface area (Å²) in [6, 6.07) is 0.123. The van der Waals surface area contributed by atoms with Crippen LogP contribution in [-0.4, -0.2) is 31.5 Å². The molecule has 1 saturated heterocycles. The molecule has 0 amide bonds. The Morgan fingerprint density at radius 1 is 1.50 bits per heavy atom. The van der Waals surface area contributed by atoms with Crippen molar-refractivity contribution in [3.63, 3.8) is 0 Å². The molecule has 0 radical (unpaired) electrons. The molecule has 0 aromatic heterocycles. The van der Waals surface area contributed by atoms with E-state index in [0.29, 0.717) is 6.61 Å². The highest BCUT2D eigenvalue weighted by Crippen LogP contribution is 2.16. The van der Waals surface area contributed by atoms with Gasteiger partial charge in [0.15, 0.2) is 0 Å². The Kier molecular flexibility index (Phi) is 5.40. The van der Waals surface area contributed by atoms with E-state index < -0.39 is 0 Å². The first-order chi connectivity index (χ1) is 6.74. The first kappa shape index (κ1) is 11.9. The third kappa shape index (κ3) is 3.92. The molecule has 1 rings (SSSR count). The largest absolute Gasteiger partial charge is 0.377 e. The van der Waals surface area contributed by atoms with Crippen molar-refractivity contribution < 1.29 is 9.47 Å². The predicted molar refractivity (Wildman–Crippen MR) is 55.8 cm³/mol. The van der Waals surface area contributed by atoms with E-state index in [9.17, 15) is 0 Å². The summed E-state index contributed by atoms with van der Waals surface area (Å²) >= 11 is 0. The van der Waals surface area contributed by atoms with Gasteiger partial charge in [0.1, 0.15) is 0 Å². The minimum absolute atomic E-state index is 0.123. The monoisotopic (exact) mass is 202 g/mol. The summed E-state index contributed by atoms with van der Waals surface area (Å²) in [6.45, 7) is 5.52. The lowest BCUT2D eigenvalue weighted by Crippen LogP contribution is -2.49. The summed E-state index contributed by atoms with van der Waals surface area (Å²) in [6.07, 6.45) is 3.93. The molecule has 2 atom stereocenters. The van der Waals surface area contributed by atoms with Crippen molar-refractivity contribution in [3.8, 4) is 0 Å². The minimum Gasteiger partial charge on any atom is -0.377 e. The molecular formula is C10H22N2O2. The molecule has 3 N–H and O–H groups in total. The van der Waals surface area contributed by atoms with E-state index in [1.54, 1.807) is 0 Å². The van der Waals surface area contributed by atoms with Gasteiger partial charge in [0, 0.05) is 6.61 Å². The van der Waals surface area contributed by atoms with E-state index >= 15 is 0 Å². The Bertz CT molecular complexity index is 147. The second kappa shape index (κ2) is 6.35. The second-order valence-electron chi connectivity index (χ2n) is 4.06. The summed E-state index contributed by atoms with van der Waals surface area (Å²) in [4.78, 5) is 0. The van der Waals surface area contributed by atoms with Crippen molar-refractivity contribution >= 4 is 0 Å². The van der Waals surface area contributed by atoms with Gasteiger partial charge in [0.25, 0.3) is 0 Å². The summed E-state index contributed by atoms with van der Waals surface area (Å²) in [5.74, 6) is 5.48. The number of nitrogens with one attached hydrogen (secondary N) is 1. The third-order valence-electron chi connectivity index (χ3n) is 2.49. The van der Waals surface area contributed by atoms with Crippen molar-refractivity contribution in [2.45, 2.75) is 51.4 Å². The molecule has 1 aliphatic heterocycles. The normalized spacial score (nSPS) is 25.3. The molecule has 84 valence electrons. The van der Waals surface area contributed by atoms with Gasteiger partial charge in [0.05, 0.1) is 24.9 Å². The molecule has 1 heterocycles. The number of ether oxygens (including phenoxy) is 2. The van der Waals surface area contributed by atoms with Crippen LogP contribution in [0.4, 0.5) is 0 Å². The number of hydrogen-bond donors (Lipinski definition) is 2. The maximum Gasteiger partial charge on any atom is 0.0764 e. The minimum atomic E-state index is 0.123. The lowest BCUT2D eigenvalue weighted by Gasteiger charge is -2.30. The van der Waals surface area contributed by atoms with E-state index in [4.69, 9.17) is 15.3 Å². The Morgan fingerprint density at radius 3 is 2.79 bits per heavy atom. The van der Waals surface area contributed by atoms with Crippen LogP contribution < -0.4 is 11.3 Å². The average molecular weight is 202 g/mol. The van der Waals surface area contributed by atoms with Crippen LogP contribution in [0.3, 0.4) is 0 Å². The van der Waals surface area contributed by atoms with Crippen molar-refractivity contribution in [2.75, 3.05) is 13.2 Å². The topological polar surface area (TPSA) is 56.5 Å². The molecule has 0 aromatic rings. The molecule has 1 fully saturated rings. The molecule has 1 aliphatic rings. The van der Waals surface area contributed by atoms with E-state index in [-0.39, 0.29) is 18.2 Å². The van der Waals surface area contributed by atoms with Gasteiger partial charge in [-0.15, -0.1) is 0 Å². The van der Waals surface area contributed by atoms with Gasteiger partial charge >= 0.3 is 0 Å². The van der Waals surface area contributed by atoms with Crippen LogP contribution in [0.15, 0.2) is 0 Å². The summed E-state index contributed by atoms with van der Waals surface area (Å²) in [5, 5.41) is 0. The fourth-order valence-electron chi connectivity index (χ4n) is 1.64. The second-order valence-corrected chi connectivity index (χ2v) is 4.06. The summed E-state index contributed by atoms with van der Waals surface area (Å²) in [5.41, 5.74) is 2.78. The lowest BCUT2D eigenvalue weighted by molar-refractivity contribution is -0.0393. The van der Waals surface area contributed by atoms with Gasteiger partial charge in [-0.25, -0.2) is 0 Å². The molecule has 2 unspecified atom stereocenters.